The molecule has 0 unspecified atom stereocenters. The first-order chi connectivity index (χ1) is 16.4. The van der Waals surface area contributed by atoms with E-state index in [1.165, 1.54) is 0 Å². The van der Waals surface area contributed by atoms with Gasteiger partial charge in [-0.25, -0.2) is 0 Å². The lowest BCUT2D eigenvalue weighted by molar-refractivity contribution is 0.103. The summed E-state index contributed by atoms with van der Waals surface area (Å²) in [6.45, 7) is 0. The lowest BCUT2D eigenvalue weighted by atomic mass is 9.94. The Hall–Kier alpha value is -3.66. The monoisotopic (exact) mass is 483 g/mol. The van der Waals surface area contributed by atoms with Gasteiger partial charge in [0.2, 0.25) is 0 Å². The minimum atomic E-state index is -0.175. The van der Waals surface area contributed by atoms with Gasteiger partial charge in [0.1, 0.15) is 0 Å². The SMILES string of the molecule is Cn1c(-c2ccccc2)cc2c(C(=O)c3ccc(Cl)cc3)cc(C(=O)c3ccc(Cl)cc3)cc21. The molecule has 34 heavy (non-hydrogen) atoms. The van der Waals surface area contributed by atoms with Gasteiger partial charge in [-0.15, -0.1) is 0 Å². The Morgan fingerprint density at radius 1 is 0.647 bits per heavy atom. The number of carbonyl (C=O) groups excluding carboxylic acids is 2. The molecule has 0 radical (unpaired) electrons. The fourth-order valence-electron chi connectivity index (χ4n) is 4.16. The van der Waals surface area contributed by atoms with E-state index < -0.39 is 0 Å². The average Bonchev–Trinajstić information content (AvgIpc) is 3.20. The molecule has 1 heterocycles. The van der Waals surface area contributed by atoms with E-state index in [1.54, 1.807) is 54.6 Å². The van der Waals surface area contributed by atoms with Crippen molar-refractivity contribution in [3.63, 3.8) is 0 Å². The molecule has 0 fully saturated rings. The zero-order chi connectivity index (χ0) is 23.8. The topological polar surface area (TPSA) is 39.1 Å². The standard InChI is InChI=1S/C29H19Cl2NO2/c1-32-26(18-5-3-2-4-6-18)17-24-25(29(34)20-9-13-23(31)14-10-20)15-21(16-27(24)32)28(33)19-7-11-22(30)12-8-19/h2-17H,1H3. The maximum absolute atomic E-state index is 13.6. The van der Waals surface area contributed by atoms with Crippen LogP contribution in [0.3, 0.4) is 0 Å². The van der Waals surface area contributed by atoms with Crippen LogP contribution in [0.4, 0.5) is 0 Å². The van der Waals surface area contributed by atoms with Gasteiger partial charge >= 0.3 is 0 Å². The van der Waals surface area contributed by atoms with Crippen LogP contribution < -0.4 is 0 Å². The number of fused-ring (bicyclic) bond motifs is 1. The maximum Gasteiger partial charge on any atom is 0.193 e. The van der Waals surface area contributed by atoms with Gasteiger partial charge in [0.05, 0.1) is 0 Å². The average molecular weight is 484 g/mol. The molecule has 5 aromatic rings. The van der Waals surface area contributed by atoms with Gasteiger partial charge in [-0.2, -0.15) is 0 Å². The zero-order valence-electron chi connectivity index (χ0n) is 18.3. The minimum absolute atomic E-state index is 0.169. The highest BCUT2D eigenvalue weighted by molar-refractivity contribution is 6.31. The van der Waals surface area contributed by atoms with Crippen molar-refractivity contribution < 1.29 is 9.59 Å². The lowest BCUT2D eigenvalue weighted by Crippen LogP contribution is -2.07. The molecule has 1 aromatic heterocycles. The van der Waals surface area contributed by atoms with Crippen LogP contribution in [0.2, 0.25) is 10.0 Å². The molecule has 3 nitrogen and oxygen atoms in total. The predicted molar refractivity (Wildman–Crippen MR) is 138 cm³/mol. The van der Waals surface area contributed by atoms with E-state index in [1.807, 2.05) is 54.1 Å². The Morgan fingerprint density at radius 3 is 1.79 bits per heavy atom. The highest BCUT2D eigenvalue weighted by Crippen LogP contribution is 2.32. The molecule has 0 amide bonds. The summed E-state index contributed by atoms with van der Waals surface area (Å²) in [4.78, 5) is 27.0. The number of halogens is 2. The second-order valence-corrected chi connectivity index (χ2v) is 8.96. The van der Waals surface area contributed by atoms with Crippen molar-refractivity contribution in [3.05, 3.63) is 129 Å². The summed E-state index contributed by atoms with van der Waals surface area (Å²) in [5.41, 5.74) is 4.70. The molecule has 4 aromatic carbocycles. The van der Waals surface area contributed by atoms with Crippen molar-refractivity contribution in [1.82, 2.24) is 4.57 Å². The number of hydrogen-bond acceptors (Lipinski definition) is 2. The molecule has 5 heteroatoms. The van der Waals surface area contributed by atoms with E-state index in [2.05, 4.69) is 0 Å². The van der Waals surface area contributed by atoms with Crippen LogP contribution in [0.15, 0.2) is 97.1 Å². The fraction of sp³-hybridized carbons (Fsp3) is 0.0345. The highest BCUT2D eigenvalue weighted by Gasteiger charge is 2.21. The third-order valence-electron chi connectivity index (χ3n) is 5.95. The zero-order valence-corrected chi connectivity index (χ0v) is 19.8. The quantitative estimate of drug-likeness (QED) is 0.241. The van der Waals surface area contributed by atoms with Crippen LogP contribution in [-0.4, -0.2) is 16.1 Å². The third kappa shape index (κ3) is 4.05. The smallest absolute Gasteiger partial charge is 0.193 e. The normalized spacial score (nSPS) is 11.0. The molecule has 0 aliphatic rings. The van der Waals surface area contributed by atoms with Crippen LogP contribution in [0.5, 0.6) is 0 Å². The number of nitrogens with zero attached hydrogens (tertiary/aromatic N) is 1. The summed E-state index contributed by atoms with van der Waals surface area (Å²) in [5, 5.41) is 1.90. The maximum atomic E-state index is 13.6. The Labute approximate surface area is 207 Å². The number of hydrogen-bond donors (Lipinski definition) is 0. The van der Waals surface area contributed by atoms with Gasteiger partial charge in [-0.05, 0) is 72.3 Å². The Balaban J connectivity index is 1.73. The van der Waals surface area contributed by atoms with Crippen molar-refractivity contribution >= 4 is 45.7 Å². The van der Waals surface area contributed by atoms with Gasteiger partial charge in [0, 0.05) is 55.9 Å². The van der Waals surface area contributed by atoms with Gasteiger partial charge in [0.15, 0.2) is 11.6 Å². The van der Waals surface area contributed by atoms with E-state index in [0.717, 1.165) is 22.2 Å². The molecule has 0 atom stereocenters. The van der Waals surface area contributed by atoms with Crippen LogP contribution in [0, 0.1) is 0 Å². The van der Waals surface area contributed by atoms with Crippen molar-refractivity contribution in [2.75, 3.05) is 0 Å². The Bertz CT molecular complexity index is 1530. The van der Waals surface area contributed by atoms with Gasteiger partial charge in [-0.1, -0.05) is 53.5 Å². The number of benzene rings is 4. The molecule has 166 valence electrons. The molecule has 0 N–H and O–H groups in total. The van der Waals surface area contributed by atoms with Gasteiger partial charge in [0.25, 0.3) is 0 Å². The first-order valence-electron chi connectivity index (χ1n) is 10.7. The largest absolute Gasteiger partial charge is 0.344 e. The molecular formula is C29H19Cl2NO2. The summed E-state index contributed by atoms with van der Waals surface area (Å²) < 4.78 is 2.02. The van der Waals surface area contributed by atoms with Crippen molar-refractivity contribution in [2.45, 2.75) is 0 Å². The molecule has 0 bridgehead atoms. The fourth-order valence-corrected chi connectivity index (χ4v) is 4.41. The number of aryl methyl sites for hydroxylation is 1. The predicted octanol–water partition coefficient (Wildman–Crippen LogP) is 7.61. The number of rotatable bonds is 5. The van der Waals surface area contributed by atoms with E-state index in [4.69, 9.17) is 23.2 Å². The second-order valence-electron chi connectivity index (χ2n) is 8.08. The lowest BCUT2D eigenvalue weighted by Gasteiger charge is -2.09. The summed E-state index contributed by atoms with van der Waals surface area (Å²) in [6.07, 6.45) is 0. The number of carbonyl (C=O) groups is 2. The Morgan fingerprint density at radius 2 is 1.21 bits per heavy atom. The summed E-state index contributed by atoms with van der Waals surface area (Å²) in [6, 6.07) is 29.0. The molecule has 0 aliphatic carbocycles. The molecule has 0 saturated heterocycles. The first kappa shape index (κ1) is 22.1. The van der Waals surface area contributed by atoms with Crippen LogP contribution in [-0.2, 0) is 7.05 Å². The minimum Gasteiger partial charge on any atom is -0.344 e. The highest BCUT2D eigenvalue weighted by atomic mass is 35.5. The van der Waals surface area contributed by atoms with Crippen molar-refractivity contribution in [1.29, 1.82) is 0 Å². The number of ketones is 2. The molecule has 0 saturated carbocycles. The summed E-state index contributed by atoms with van der Waals surface area (Å²) >= 11 is 12.0. The Kier molecular flexibility index (Phi) is 5.82. The third-order valence-corrected chi connectivity index (χ3v) is 6.46. The first-order valence-corrected chi connectivity index (χ1v) is 11.5. The van der Waals surface area contributed by atoms with Gasteiger partial charge < -0.3 is 4.57 Å². The van der Waals surface area contributed by atoms with Crippen LogP contribution in [0.1, 0.15) is 31.8 Å². The molecular weight excluding hydrogens is 465 g/mol. The second kappa shape index (κ2) is 8.94. The molecule has 0 spiro atoms. The van der Waals surface area contributed by atoms with E-state index >= 15 is 0 Å². The van der Waals surface area contributed by atoms with Crippen molar-refractivity contribution in [2.24, 2.45) is 7.05 Å². The van der Waals surface area contributed by atoms with E-state index in [9.17, 15) is 9.59 Å². The van der Waals surface area contributed by atoms with Crippen LogP contribution in [0.25, 0.3) is 22.2 Å². The summed E-state index contributed by atoms with van der Waals surface area (Å²) in [5.74, 6) is -0.344. The van der Waals surface area contributed by atoms with Gasteiger partial charge in [-0.3, -0.25) is 9.59 Å². The molecule has 5 rings (SSSR count). The molecule has 0 aliphatic heterocycles. The van der Waals surface area contributed by atoms with E-state index in [-0.39, 0.29) is 11.6 Å². The summed E-state index contributed by atoms with van der Waals surface area (Å²) in [7, 11) is 1.94. The van der Waals surface area contributed by atoms with Crippen molar-refractivity contribution in [3.8, 4) is 11.3 Å². The van der Waals surface area contributed by atoms with E-state index in [0.29, 0.717) is 32.3 Å². The number of aromatic nitrogens is 1. The van der Waals surface area contributed by atoms with Crippen LogP contribution >= 0.6 is 23.2 Å².